The summed E-state index contributed by atoms with van der Waals surface area (Å²) in [5.41, 5.74) is 0.350. The van der Waals surface area contributed by atoms with E-state index in [4.69, 9.17) is 9.47 Å². The molecule has 1 aliphatic heterocycles. The van der Waals surface area contributed by atoms with Crippen LogP contribution in [0.5, 0.6) is 11.5 Å². The summed E-state index contributed by atoms with van der Waals surface area (Å²) in [5.74, 6) is -2.31. The molecule has 9 nitrogen and oxygen atoms in total. The van der Waals surface area contributed by atoms with Crippen LogP contribution < -0.4 is 25.0 Å². The lowest BCUT2D eigenvalue weighted by Crippen LogP contribution is -2.46. The van der Waals surface area contributed by atoms with E-state index in [2.05, 4.69) is 10.6 Å². The molecule has 2 aliphatic rings. The minimum atomic E-state index is -1.89. The van der Waals surface area contributed by atoms with Gasteiger partial charge < -0.3 is 20.1 Å². The zero-order chi connectivity index (χ0) is 25.5. The zero-order valence-corrected chi connectivity index (χ0v) is 20.5. The maximum Gasteiger partial charge on any atom is 0.240 e. The molecule has 11 heteroatoms. The fourth-order valence-corrected chi connectivity index (χ4v) is 5.12. The topological polar surface area (TPSA) is 114 Å². The predicted octanol–water partition coefficient (Wildman–Crippen LogP) is 2.72. The Bertz CT molecular complexity index is 1150. The summed E-state index contributed by atoms with van der Waals surface area (Å²) in [6, 6.07) is 10.5. The predicted molar refractivity (Wildman–Crippen MR) is 133 cm³/mol. The fourth-order valence-electron chi connectivity index (χ4n) is 4.23. The van der Waals surface area contributed by atoms with Crippen LogP contribution in [-0.4, -0.2) is 52.8 Å². The molecule has 192 valence electrons. The van der Waals surface area contributed by atoms with Crippen molar-refractivity contribution in [2.24, 2.45) is 0 Å². The van der Waals surface area contributed by atoms with Gasteiger partial charge in [0.1, 0.15) is 23.9 Å². The summed E-state index contributed by atoms with van der Waals surface area (Å²) in [5, 5.41) is 5.52. The van der Waals surface area contributed by atoms with E-state index < -0.39 is 52.4 Å². The molecule has 1 fully saturated rings. The molecule has 2 aromatic rings. The summed E-state index contributed by atoms with van der Waals surface area (Å²) >= 11 is 0. The molecule has 0 spiro atoms. The van der Waals surface area contributed by atoms with Crippen LogP contribution in [0.2, 0.25) is 0 Å². The highest BCUT2D eigenvalue weighted by Gasteiger charge is 2.26. The number of benzene rings is 2. The molecule has 0 aromatic heterocycles. The maximum absolute atomic E-state index is 14.5. The number of rotatable bonds is 9. The van der Waals surface area contributed by atoms with Crippen molar-refractivity contribution in [2.75, 3.05) is 35.1 Å². The molecule has 0 unspecified atom stereocenters. The third-order valence-corrected chi connectivity index (χ3v) is 7.10. The first-order valence-corrected chi connectivity index (χ1v) is 13.3. The first kappa shape index (κ1) is 25.6. The number of carbonyl (C=O) groups is 3. The van der Waals surface area contributed by atoms with E-state index in [0.29, 0.717) is 17.2 Å². The number of para-hydroxylation sites is 1. The van der Waals surface area contributed by atoms with Gasteiger partial charge in [0, 0.05) is 28.6 Å². The molecule has 1 aliphatic carbocycles. The van der Waals surface area contributed by atoms with Crippen LogP contribution in [0, 0.1) is 5.82 Å². The first-order valence-electron chi connectivity index (χ1n) is 11.8. The van der Waals surface area contributed by atoms with Crippen LogP contribution in [-0.2, 0) is 25.2 Å². The number of nitrogens with one attached hydrogen (secondary N) is 2. The van der Waals surface area contributed by atoms with Gasteiger partial charge in [0.2, 0.25) is 24.5 Å². The highest BCUT2D eigenvalue weighted by molar-refractivity contribution is 7.86. The molecule has 2 N–H and O–H groups in total. The van der Waals surface area contributed by atoms with Crippen LogP contribution in [0.15, 0.2) is 42.5 Å². The third-order valence-electron chi connectivity index (χ3n) is 5.95. The Morgan fingerprint density at radius 1 is 0.972 bits per heavy atom. The van der Waals surface area contributed by atoms with Crippen molar-refractivity contribution in [3.8, 4) is 11.5 Å². The van der Waals surface area contributed by atoms with Crippen LogP contribution in [0.1, 0.15) is 32.1 Å². The van der Waals surface area contributed by atoms with Crippen molar-refractivity contribution in [1.82, 2.24) is 5.32 Å². The van der Waals surface area contributed by atoms with Crippen LogP contribution in [0.3, 0.4) is 0 Å². The summed E-state index contributed by atoms with van der Waals surface area (Å²) in [7, 11) is -1.89. The third kappa shape index (κ3) is 6.81. The molecule has 0 saturated heterocycles. The SMILES string of the molecule is O=C(C[S@@](=O)CC(=O)N(CC(=O)NC1CCCCC1)c1ccccc1F)Nc1ccc2c(c1)OCO2. The number of ether oxygens (including phenoxy) is 2. The van der Waals surface area contributed by atoms with E-state index in [1.807, 2.05) is 0 Å². The molecular weight excluding hydrogens is 489 g/mol. The molecule has 3 amide bonds. The number of anilines is 2. The van der Waals surface area contributed by atoms with Crippen molar-refractivity contribution >= 4 is 39.9 Å². The Hall–Kier alpha value is -3.47. The van der Waals surface area contributed by atoms with Gasteiger partial charge in [-0.3, -0.25) is 23.5 Å². The van der Waals surface area contributed by atoms with Crippen molar-refractivity contribution in [2.45, 2.75) is 38.1 Å². The summed E-state index contributed by atoms with van der Waals surface area (Å²) in [6.45, 7) is -0.313. The smallest absolute Gasteiger partial charge is 0.240 e. The average Bonchev–Trinajstić information content (AvgIpc) is 3.31. The van der Waals surface area contributed by atoms with Crippen LogP contribution in [0.25, 0.3) is 0 Å². The Morgan fingerprint density at radius 2 is 1.72 bits per heavy atom. The van der Waals surface area contributed by atoms with Gasteiger partial charge in [-0.1, -0.05) is 31.4 Å². The van der Waals surface area contributed by atoms with E-state index in [1.165, 1.54) is 18.2 Å². The number of carbonyl (C=O) groups excluding carboxylic acids is 3. The largest absolute Gasteiger partial charge is 0.454 e. The van der Waals surface area contributed by atoms with E-state index >= 15 is 0 Å². The molecule has 1 heterocycles. The minimum Gasteiger partial charge on any atom is -0.454 e. The Morgan fingerprint density at radius 3 is 2.50 bits per heavy atom. The Balaban J connectivity index is 1.36. The molecule has 4 rings (SSSR count). The van der Waals surface area contributed by atoms with E-state index in [9.17, 15) is 23.0 Å². The Kier molecular flexibility index (Phi) is 8.52. The molecule has 0 radical (unpaired) electrons. The average molecular weight is 518 g/mol. The second-order valence-corrected chi connectivity index (χ2v) is 10.1. The molecule has 2 aromatic carbocycles. The number of halogens is 1. The van der Waals surface area contributed by atoms with Crippen molar-refractivity contribution in [1.29, 1.82) is 0 Å². The number of fused-ring (bicyclic) bond motifs is 1. The lowest BCUT2D eigenvalue weighted by molar-refractivity contribution is -0.123. The van der Waals surface area contributed by atoms with Gasteiger partial charge in [-0.2, -0.15) is 0 Å². The summed E-state index contributed by atoms with van der Waals surface area (Å²) in [6.07, 6.45) is 4.90. The minimum absolute atomic E-state index is 0.0258. The molecule has 1 atom stereocenters. The standard InChI is InChI=1S/C25H28FN3O6S/c26-19-8-4-5-9-20(19)29(13-23(30)27-17-6-2-1-3-7-17)25(32)15-36(33)14-24(31)28-18-10-11-21-22(12-18)35-16-34-21/h4-5,8-12,17H,1-3,6-7,13-16H2,(H,27,30)(H,28,31)/t36-/m1/s1. The highest BCUT2D eigenvalue weighted by atomic mass is 32.2. The van der Waals surface area contributed by atoms with E-state index in [1.54, 1.807) is 24.3 Å². The summed E-state index contributed by atoms with van der Waals surface area (Å²) in [4.78, 5) is 39.1. The van der Waals surface area contributed by atoms with Crippen LogP contribution >= 0.6 is 0 Å². The van der Waals surface area contributed by atoms with Gasteiger partial charge in [-0.15, -0.1) is 0 Å². The summed E-state index contributed by atoms with van der Waals surface area (Å²) < 4.78 is 37.6. The van der Waals surface area contributed by atoms with Gasteiger partial charge in [-0.05, 0) is 37.1 Å². The molecule has 1 saturated carbocycles. The van der Waals surface area contributed by atoms with Crippen LogP contribution in [0.4, 0.5) is 15.8 Å². The number of hydrogen-bond acceptors (Lipinski definition) is 6. The lowest BCUT2D eigenvalue weighted by Gasteiger charge is -2.26. The van der Waals surface area contributed by atoms with Gasteiger partial charge >= 0.3 is 0 Å². The monoisotopic (exact) mass is 517 g/mol. The van der Waals surface area contributed by atoms with Gasteiger partial charge in [0.05, 0.1) is 5.69 Å². The molecule has 0 bridgehead atoms. The van der Waals surface area contributed by atoms with Crippen molar-refractivity contribution < 1.29 is 32.5 Å². The molecule has 36 heavy (non-hydrogen) atoms. The number of nitrogens with zero attached hydrogens (tertiary/aromatic N) is 1. The van der Waals surface area contributed by atoms with Crippen molar-refractivity contribution in [3.63, 3.8) is 0 Å². The quantitative estimate of drug-likeness (QED) is 0.529. The second kappa shape index (κ2) is 12.0. The maximum atomic E-state index is 14.5. The highest BCUT2D eigenvalue weighted by Crippen LogP contribution is 2.34. The van der Waals surface area contributed by atoms with E-state index in [0.717, 1.165) is 37.0 Å². The number of hydrogen-bond donors (Lipinski definition) is 2. The van der Waals surface area contributed by atoms with Gasteiger partial charge in [0.15, 0.2) is 11.5 Å². The fraction of sp³-hybridized carbons (Fsp3) is 0.400. The second-order valence-electron chi connectivity index (χ2n) is 8.68. The van der Waals surface area contributed by atoms with Gasteiger partial charge in [-0.25, -0.2) is 4.39 Å². The Labute approximate surface area is 210 Å². The number of amides is 3. The first-order chi connectivity index (χ1) is 17.4. The van der Waals surface area contributed by atoms with Gasteiger partial charge in [0.25, 0.3) is 0 Å². The zero-order valence-electron chi connectivity index (χ0n) is 19.7. The van der Waals surface area contributed by atoms with E-state index in [-0.39, 0.29) is 18.5 Å². The lowest BCUT2D eigenvalue weighted by atomic mass is 9.95. The normalized spacial score (nSPS) is 15.7. The molecular formula is C25H28FN3O6S. The van der Waals surface area contributed by atoms with Crippen molar-refractivity contribution in [3.05, 3.63) is 48.3 Å².